The fourth-order valence-electron chi connectivity index (χ4n) is 4.00. The Kier molecular flexibility index (Phi) is 9.07. The Bertz CT molecular complexity index is 1310. The number of carbonyl (C=O) groups excluding carboxylic acids is 1. The monoisotopic (exact) mass is 556 g/mol. The normalized spacial score (nSPS) is 18.8. The first-order chi connectivity index (χ1) is 16.6. The van der Waals surface area contributed by atoms with Gasteiger partial charge in [0, 0.05) is 31.7 Å². The number of anilines is 1. The van der Waals surface area contributed by atoms with Crippen LogP contribution in [0.4, 0.5) is 9.52 Å². The summed E-state index contributed by atoms with van der Waals surface area (Å²) in [5.41, 5.74) is 0.553. The van der Waals surface area contributed by atoms with Crippen molar-refractivity contribution in [2.24, 2.45) is 0 Å². The summed E-state index contributed by atoms with van der Waals surface area (Å²) in [7, 11) is 0.0765. The SMILES string of the molecule is CC1CN(S(=O)(=O)c2ccc(C(=O)N(CCN(C)C)c3nc4c(F)cccc4s3)cc2)CC(C)O1.Cl. The molecule has 1 saturated heterocycles. The minimum absolute atomic E-state index is 0. The summed E-state index contributed by atoms with van der Waals surface area (Å²) in [6.07, 6.45) is -0.392. The first kappa shape index (κ1) is 28.4. The fourth-order valence-corrected chi connectivity index (χ4v) is 6.60. The van der Waals surface area contributed by atoms with Crippen LogP contribution >= 0.6 is 23.7 Å². The molecule has 1 aliphatic rings. The van der Waals surface area contributed by atoms with Crippen LogP contribution in [0.25, 0.3) is 10.2 Å². The van der Waals surface area contributed by atoms with Crippen LogP contribution in [0, 0.1) is 5.82 Å². The van der Waals surface area contributed by atoms with Crippen molar-refractivity contribution >= 4 is 55.0 Å². The first-order valence-electron chi connectivity index (χ1n) is 11.3. The maximum atomic E-state index is 14.2. The second-order valence-electron chi connectivity index (χ2n) is 8.95. The van der Waals surface area contributed by atoms with Crippen molar-refractivity contribution < 1.29 is 22.3 Å². The molecule has 1 aromatic heterocycles. The zero-order chi connectivity index (χ0) is 25.3. The van der Waals surface area contributed by atoms with Crippen molar-refractivity contribution in [2.75, 3.05) is 45.2 Å². The van der Waals surface area contributed by atoms with Crippen molar-refractivity contribution in [2.45, 2.75) is 31.0 Å². The quantitative estimate of drug-likeness (QED) is 0.439. The van der Waals surface area contributed by atoms with Crippen LogP contribution < -0.4 is 4.90 Å². The summed E-state index contributed by atoms with van der Waals surface area (Å²) < 4.78 is 48.2. The standard InChI is InChI=1S/C24H29FN4O4S2.ClH/c1-16-14-28(15-17(2)33-16)35(31,32)19-10-8-18(9-11-19)23(30)29(13-12-27(3)4)24-26-22-20(25)6-5-7-21(22)34-24;/h5-11,16-17H,12-15H2,1-4H3;1H. The van der Waals surface area contributed by atoms with Crippen LogP contribution in [0.1, 0.15) is 24.2 Å². The van der Waals surface area contributed by atoms with Crippen molar-refractivity contribution in [3.63, 3.8) is 0 Å². The Morgan fingerprint density at radius 3 is 2.33 bits per heavy atom. The lowest BCUT2D eigenvalue weighted by Crippen LogP contribution is -2.48. The number of fused-ring (bicyclic) bond motifs is 1. The van der Waals surface area contributed by atoms with E-state index in [1.165, 1.54) is 50.9 Å². The van der Waals surface area contributed by atoms with Crippen molar-refractivity contribution in [1.82, 2.24) is 14.2 Å². The molecular weight excluding hydrogens is 527 g/mol. The number of carbonyl (C=O) groups is 1. The maximum absolute atomic E-state index is 14.2. The van der Waals surface area contributed by atoms with E-state index in [9.17, 15) is 17.6 Å². The number of benzene rings is 2. The van der Waals surface area contributed by atoms with E-state index < -0.39 is 15.8 Å². The molecule has 196 valence electrons. The van der Waals surface area contributed by atoms with E-state index >= 15 is 0 Å². The van der Waals surface area contributed by atoms with E-state index in [0.29, 0.717) is 28.5 Å². The number of hydrogen-bond acceptors (Lipinski definition) is 7. The molecule has 2 atom stereocenters. The Morgan fingerprint density at radius 1 is 1.11 bits per heavy atom. The molecule has 1 amide bonds. The van der Waals surface area contributed by atoms with Crippen LogP contribution in [0.5, 0.6) is 0 Å². The van der Waals surface area contributed by atoms with Gasteiger partial charge in [-0.3, -0.25) is 9.69 Å². The van der Waals surface area contributed by atoms with Crippen LogP contribution in [0.2, 0.25) is 0 Å². The number of nitrogens with zero attached hydrogens (tertiary/aromatic N) is 4. The third-order valence-electron chi connectivity index (χ3n) is 5.73. The van der Waals surface area contributed by atoms with Gasteiger partial charge in [0.15, 0.2) is 5.13 Å². The molecule has 2 heterocycles. The Hall–Kier alpha value is -2.15. The highest BCUT2D eigenvalue weighted by Crippen LogP contribution is 2.31. The van der Waals surface area contributed by atoms with Gasteiger partial charge in [-0.2, -0.15) is 4.31 Å². The average molecular weight is 557 g/mol. The summed E-state index contributed by atoms with van der Waals surface area (Å²) in [5, 5.41) is 0.393. The lowest BCUT2D eigenvalue weighted by atomic mass is 10.2. The van der Waals surface area contributed by atoms with Crippen LogP contribution in [0.15, 0.2) is 47.4 Å². The molecule has 1 fully saturated rings. The zero-order valence-corrected chi connectivity index (χ0v) is 23.0. The van der Waals surface area contributed by atoms with Gasteiger partial charge in [-0.1, -0.05) is 17.4 Å². The van der Waals surface area contributed by atoms with E-state index in [0.717, 1.165) is 0 Å². The number of rotatable bonds is 7. The minimum atomic E-state index is -3.72. The molecule has 2 aromatic carbocycles. The summed E-state index contributed by atoms with van der Waals surface area (Å²) in [4.78, 5) is 21.4. The predicted molar refractivity (Wildman–Crippen MR) is 142 cm³/mol. The highest BCUT2D eigenvalue weighted by Gasteiger charge is 2.32. The van der Waals surface area contributed by atoms with Gasteiger partial charge in [0.2, 0.25) is 10.0 Å². The van der Waals surface area contributed by atoms with Gasteiger partial charge in [0.05, 0.1) is 21.8 Å². The molecule has 0 spiro atoms. The Balaban J connectivity index is 0.00000361. The van der Waals surface area contributed by atoms with Crippen molar-refractivity contribution in [3.05, 3.63) is 53.8 Å². The van der Waals surface area contributed by atoms with Gasteiger partial charge in [0.25, 0.3) is 5.91 Å². The predicted octanol–water partition coefficient (Wildman–Crippen LogP) is 3.86. The smallest absolute Gasteiger partial charge is 0.260 e. The van der Waals surface area contributed by atoms with Crippen LogP contribution in [-0.2, 0) is 14.8 Å². The van der Waals surface area contributed by atoms with Crippen LogP contribution in [-0.4, -0.2) is 81.0 Å². The number of sulfonamides is 1. The van der Waals surface area contributed by atoms with E-state index in [1.807, 2.05) is 32.8 Å². The number of halogens is 2. The highest BCUT2D eigenvalue weighted by atomic mass is 35.5. The maximum Gasteiger partial charge on any atom is 0.260 e. The highest BCUT2D eigenvalue weighted by molar-refractivity contribution is 7.89. The number of aromatic nitrogens is 1. The third kappa shape index (κ3) is 6.04. The second kappa shape index (κ2) is 11.5. The number of ether oxygens (including phenoxy) is 1. The second-order valence-corrected chi connectivity index (χ2v) is 11.9. The minimum Gasteiger partial charge on any atom is -0.373 e. The summed E-state index contributed by atoms with van der Waals surface area (Å²) in [5.74, 6) is -0.768. The average Bonchev–Trinajstić information content (AvgIpc) is 3.24. The molecule has 2 unspecified atom stereocenters. The van der Waals surface area contributed by atoms with Gasteiger partial charge in [0.1, 0.15) is 11.3 Å². The number of likely N-dealkylation sites (N-methyl/N-ethyl adjacent to an activating group) is 1. The summed E-state index contributed by atoms with van der Waals surface area (Å²) in [6, 6.07) is 10.7. The number of hydrogen-bond donors (Lipinski definition) is 0. The Morgan fingerprint density at radius 2 is 1.75 bits per heavy atom. The van der Waals surface area contributed by atoms with Crippen LogP contribution in [0.3, 0.4) is 0 Å². The molecule has 8 nitrogen and oxygen atoms in total. The molecule has 3 aromatic rings. The molecule has 0 N–H and O–H groups in total. The molecule has 12 heteroatoms. The molecule has 0 radical (unpaired) electrons. The fraction of sp³-hybridized carbons (Fsp3) is 0.417. The third-order valence-corrected chi connectivity index (χ3v) is 8.62. The van der Waals surface area contributed by atoms with Crippen molar-refractivity contribution in [3.8, 4) is 0 Å². The zero-order valence-electron chi connectivity index (χ0n) is 20.5. The molecule has 36 heavy (non-hydrogen) atoms. The topological polar surface area (TPSA) is 83.1 Å². The molecular formula is C24H30ClFN4O4S2. The van der Waals surface area contributed by atoms with E-state index in [4.69, 9.17) is 4.74 Å². The van der Waals surface area contributed by atoms with Gasteiger partial charge in [-0.05, 0) is 64.3 Å². The van der Waals surface area contributed by atoms with Crippen molar-refractivity contribution in [1.29, 1.82) is 0 Å². The van der Waals surface area contributed by atoms with Gasteiger partial charge < -0.3 is 9.64 Å². The molecule has 1 aliphatic heterocycles. The van der Waals surface area contributed by atoms with E-state index in [2.05, 4.69) is 4.98 Å². The first-order valence-corrected chi connectivity index (χ1v) is 13.6. The molecule has 0 saturated carbocycles. The van der Waals surface area contributed by atoms with E-state index in [1.54, 1.807) is 12.1 Å². The Labute approximate surface area is 221 Å². The number of morpholine rings is 1. The summed E-state index contributed by atoms with van der Waals surface area (Å²) in [6.45, 7) is 5.16. The van der Waals surface area contributed by atoms with Gasteiger partial charge >= 0.3 is 0 Å². The number of thiazole rings is 1. The molecule has 0 bridgehead atoms. The number of amides is 1. The number of para-hydroxylation sites is 1. The largest absolute Gasteiger partial charge is 0.373 e. The van der Waals surface area contributed by atoms with Gasteiger partial charge in [-0.15, -0.1) is 12.4 Å². The lowest BCUT2D eigenvalue weighted by molar-refractivity contribution is -0.0440. The lowest BCUT2D eigenvalue weighted by Gasteiger charge is -2.34. The summed E-state index contributed by atoms with van der Waals surface area (Å²) >= 11 is 1.24. The van der Waals surface area contributed by atoms with Gasteiger partial charge in [-0.25, -0.2) is 17.8 Å². The molecule has 0 aliphatic carbocycles. The van der Waals surface area contributed by atoms with E-state index in [-0.39, 0.29) is 54.0 Å². The molecule has 4 rings (SSSR count).